The summed E-state index contributed by atoms with van der Waals surface area (Å²) in [6, 6.07) is 3.36. The van der Waals surface area contributed by atoms with Gasteiger partial charge in [-0.05, 0) is 36.3 Å². The number of rotatable bonds is 6. The van der Waals surface area contributed by atoms with Gasteiger partial charge in [0.25, 0.3) is 0 Å². The molecule has 0 aliphatic rings. The first-order valence-electron chi connectivity index (χ1n) is 8.42. The molecule has 0 atom stereocenters. The number of thiophene rings is 1. The third kappa shape index (κ3) is 6.43. The van der Waals surface area contributed by atoms with Crippen LogP contribution in [-0.4, -0.2) is 16.6 Å². The maximum absolute atomic E-state index is 6.36. The van der Waals surface area contributed by atoms with Crippen molar-refractivity contribution in [1.29, 1.82) is 0 Å². The molecule has 0 unspecified atom stereocenters. The molecule has 6 heteroatoms. The van der Waals surface area contributed by atoms with Crippen LogP contribution in [-0.2, 0) is 22.1 Å². The Morgan fingerprint density at radius 3 is 1.71 bits per heavy atom. The summed E-state index contributed by atoms with van der Waals surface area (Å²) in [6.45, 7) is 24.2. The van der Waals surface area contributed by atoms with Crippen LogP contribution in [0.5, 0.6) is 0 Å². The van der Waals surface area contributed by atoms with E-state index in [1.807, 2.05) is 5.38 Å². The Balaban J connectivity index is 0.00000529. The third-order valence-electron chi connectivity index (χ3n) is 5.52. The van der Waals surface area contributed by atoms with E-state index < -0.39 is 16.6 Å². The summed E-state index contributed by atoms with van der Waals surface area (Å²) in [6.07, 6.45) is 0. The van der Waals surface area contributed by atoms with Crippen molar-refractivity contribution in [1.82, 2.24) is 0 Å². The summed E-state index contributed by atoms with van der Waals surface area (Å²) in [5, 5.41) is 2.52. The Kier molecular flexibility index (Phi) is 8.79. The number of hydrogen-bond acceptors (Lipinski definition) is 3. The third-order valence-corrected chi connectivity index (χ3v) is 15.4. The molecular weight excluding hydrogens is 343 g/mol. The molecule has 0 aliphatic carbocycles. The molecule has 0 N–H and O–H groups in total. The molecule has 0 fully saturated rings. The molecule has 0 aromatic carbocycles. The van der Waals surface area contributed by atoms with Gasteiger partial charge in [-0.15, -0.1) is 10.3 Å². The first-order valence-corrected chi connectivity index (χ1v) is 15.1. The quantitative estimate of drug-likeness (QED) is 0.556. The van der Waals surface area contributed by atoms with Gasteiger partial charge in [0.15, 0.2) is 16.6 Å². The van der Waals surface area contributed by atoms with E-state index in [2.05, 4.69) is 73.8 Å². The normalized spacial score (nSPS) is 13.8. The van der Waals surface area contributed by atoms with Crippen LogP contribution in [0.1, 0.15) is 52.0 Å². The zero-order chi connectivity index (χ0) is 18.1. The topological polar surface area (TPSA) is 18.5 Å². The SMILES string of the molecule is CC(C)(C)[Si](C)(C)OCc1[c-]csc1CO[Si](C)(C)C(C)(C)C.[Li+]. The average Bonchev–Trinajstić information content (AvgIpc) is 2.78. The Bertz CT molecular complexity index is 469. The van der Waals surface area contributed by atoms with Gasteiger partial charge in [-0.2, -0.15) is 5.56 Å². The van der Waals surface area contributed by atoms with Crippen LogP contribution in [0.2, 0.25) is 36.3 Å². The van der Waals surface area contributed by atoms with E-state index in [0.29, 0.717) is 13.2 Å². The molecule has 0 aliphatic heterocycles. The fourth-order valence-electron chi connectivity index (χ4n) is 1.50. The summed E-state index contributed by atoms with van der Waals surface area (Å²) in [7, 11) is -3.43. The molecule has 0 radical (unpaired) electrons. The Morgan fingerprint density at radius 2 is 1.29 bits per heavy atom. The van der Waals surface area contributed by atoms with Crippen LogP contribution >= 0.6 is 11.3 Å². The van der Waals surface area contributed by atoms with E-state index in [1.165, 1.54) is 10.4 Å². The van der Waals surface area contributed by atoms with Gasteiger partial charge in [0.2, 0.25) is 0 Å². The largest absolute Gasteiger partial charge is 1.00 e. The smallest absolute Gasteiger partial charge is 0.429 e. The maximum atomic E-state index is 6.36. The summed E-state index contributed by atoms with van der Waals surface area (Å²) < 4.78 is 12.7. The minimum Gasteiger partial charge on any atom is -0.429 e. The predicted molar refractivity (Wildman–Crippen MR) is 107 cm³/mol. The maximum Gasteiger partial charge on any atom is 1.00 e. The van der Waals surface area contributed by atoms with E-state index in [0.717, 1.165) is 0 Å². The second kappa shape index (κ2) is 8.56. The fourth-order valence-corrected chi connectivity index (χ4v) is 4.21. The molecule has 0 spiro atoms. The van der Waals surface area contributed by atoms with Gasteiger partial charge >= 0.3 is 18.9 Å². The molecule has 134 valence electrons. The van der Waals surface area contributed by atoms with E-state index >= 15 is 0 Å². The van der Waals surface area contributed by atoms with Crippen LogP contribution < -0.4 is 18.9 Å². The summed E-state index contributed by atoms with van der Waals surface area (Å²) in [5.74, 6) is 0. The van der Waals surface area contributed by atoms with Crippen molar-refractivity contribution in [3.05, 3.63) is 21.9 Å². The minimum absolute atomic E-state index is 0. The molecule has 24 heavy (non-hydrogen) atoms. The number of hydrogen-bond donors (Lipinski definition) is 0. The molecule has 0 saturated heterocycles. The Morgan fingerprint density at radius 1 is 0.875 bits per heavy atom. The summed E-state index contributed by atoms with van der Waals surface area (Å²) >= 11 is 1.74. The van der Waals surface area contributed by atoms with Crippen molar-refractivity contribution in [3.63, 3.8) is 0 Å². The van der Waals surface area contributed by atoms with Gasteiger partial charge in [-0.3, -0.25) is 11.3 Å². The van der Waals surface area contributed by atoms with Gasteiger partial charge in [-0.1, -0.05) is 41.5 Å². The monoisotopic (exact) mass is 378 g/mol. The molecule has 1 heterocycles. The zero-order valence-electron chi connectivity index (χ0n) is 17.7. The van der Waals surface area contributed by atoms with Crippen LogP contribution in [0.4, 0.5) is 0 Å². The van der Waals surface area contributed by atoms with E-state index in [4.69, 9.17) is 8.85 Å². The molecule has 0 bridgehead atoms. The standard InChI is InChI=1S/C18H35O2SSi2.Li/c1-17(2,3)22(7,8)19-13-15-11-12-21-16(15)14-20-23(9,10)18(4,5)6;/h12H,13-14H2,1-10H3;/q-1;+1. The second-order valence-electron chi connectivity index (χ2n) is 9.38. The van der Waals surface area contributed by atoms with Gasteiger partial charge in [0, 0.05) is 13.2 Å². The van der Waals surface area contributed by atoms with Crippen molar-refractivity contribution in [2.75, 3.05) is 0 Å². The Hall–Kier alpha value is 0.651. The van der Waals surface area contributed by atoms with Crippen LogP contribution in [0, 0.1) is 6.07 Å². The van der Waals surface area contributed by atoms with Gasteiger partial charge in [-0.25, -0.2) is 6.07 Å². The molecule has 2 nitrogen and oxygen atoms in total. The van der Waals surface area contributed by atoms with E-state index in [1.54, 1.807) is 11.3 Å². The van der Waals surface area contributed by atoms with Crippen LogP contribution in [0.25, 0.3) is 0 Å². The van der Waals surface area contributed by atoms with Crippen LogP contribution in [0.3, 0.4) is 0 Å². The molecule has 0 amide bonds. The fraction of sp³-hybridized carbons (Fsp3) is 0.778. The van der Waals surface area contributed by atoms with Crippen molar-refractivity contribution in [3.8, 4) is 0 Å². The van der Waals surface area contributed by atoms with Crippen molar-refractivity contribution < 1.29 is 27.7 Å². The van der Waals surface area contributed by atoms with E-state index in [-0.39, 0.29) is 28.9 Å². The zero-order valence-corrected chi connectivity index (χ0v) is 20.5. The molecule has 1 aromatic heterocycles. The molecular formula is C18H35LiO2SSi2. The van der Waals surface area contributed by atoms with Gasteiger partial charge in [0.1, 0.15) is 0 Å². The van der Waals surface area contributed by atoms with Crippen molar-refractivity contribution in [2.45, 2.75) is 91.0 Å². The van der Waals surface area contributed by atoms with E-state index in [9.17, 15) is 0 Å². The summed E-state index contributed by atoms with van der Waals surface area (Å²) in [5.41, 5.74) is 1.18. The van der Waals surface area contributed by atoms with Gasteiger partial charge < -0.3 is 8.85 Å². The first kappa shape index (κ1) is 24.7. The molecule has 1 rings (SSSR count). The van der Waals surface area contributed by atoms with Crippen molar-refractivity contribution >= 4 is 28.0 Å². The first-order chi connectivity index (χ1) is 10.2. The summed E-state index contributed by atoms with van der Waals surface area (Å²) in [4.78, 5) is 1.27. The Labute approximate surface area is 168 Å². The van der Waals surface area contributed by atoms with Crippen LogP contribution in [0.15, 0.2) is 5.38 Å². The molecule has 1 aromatic rings. The minimum atomic E-state index is -1.72. The van der Waals surface area contributed by atoms with Gasteiger partial charge in [0.05, 0.1) is 0 Å². The predicted octanol–water partition coefficient (Wildman–Crippen LogP) is 3.60. The average molecular weight is 379 g/mol. The van der Waals surface area contributed by atoms with Crippen molar-refractivity contribution in [2.24, 2.45) is 0 Å². The second-order valence-corrected chi connectivity index (χ2v) is 20.0. The molecule has 0 saturated carbocycles.